The van der Waals surface area contributed by atoms with Crippen LogP contribution >= 0.6 is 33.9 Å². The number of hydrogen-bond donors (Lipinski definition) is 1. The Balaban J connectivity index is 1.79. The van der Waals surface area contributed by atoms with Crippen LogP contribution in [-0.2, 0) is 0 Å². The lowest BCUT2D eigenvalue weighted by Crippen LogP contribution is -2.37. The third kappa shape index (κ3) is 2.02. The van der Waals surface area contributed by atoms with Crippen molar-refractivity contribution in [2.75, 3.05) is 19.6 Å². The normalized spacial score (nSPS) is 31.9. The van der Waals surface area contributed by atoms with Crippen molar-refractivity contribution in [3.8, 4) is 0 Å². The van der Waals surface area contributed by atoms with E-state index in [2.05, 4.69) is 39.7 Å². The summed E-state index contributed by atoms with van der Waals surface area (Å²) >= 11 is 3.91. The van der Waals surface area contributed by atoms with Crippen LogP contribution in [0, 0.1) is 14.7 Å². The molecule has 2 saturated heterocycles. The summed E-state index contributed by atoms with van der Waals surface area (Å²) in [5.41, 5.74) is 0.860. The molecule has 1 aromatic rings. The van der Waals surface area contributed by atoms with Gasteiger partial charge >= 0.3 is 0 Å². The van der Waals surface area contributed by atoms with Gasteiger partial charge in [-0.3, -0.25) is 4.79 Å². The molecule has 92 valence electrons. The smallest absolute Gasteiger partial charge is 0.254 e. The second kappa shape index (κ2) is 4.51. The predicted molar refractivity (Wildman–Crippen MR) is 77.4 cm³/mol. The Morgan fingerprint density at radius 1 is 1.59 bits per heavy atom. The van der Waals surface area contributed by atoms with E-state index in [1.165, 1.54) is 2.88 Å². The molecule has 3 heterocycles. The maximum Gasteiger partial charge on any atom is 0.254 e. The summed E-state index contributed by atoms with van der Waals surface area (Å²) in [6.45, 7) is 5.24. The number of halogens is 1. The summed E-state index contributed by atoms with van der Waals surface area (Å²) in [7, 11) is 0. The Kier molecular flexibility index (Phi) is 3.16. The zero-order valence-corrected chi connectivity index (χ0v) is 12.6. The SMILES string of the molecule is CC1C2CNCC2CN1C(=O)c1csc(I)c1. The number of rotatable bonds is 1. The molecule has 0 saturated carbocycles. The molecule has 1 amide bonds. The van der Waals surface area contributed by atoms with E-state index in [0.717, 1.165) is 25.2 Å². The molecule has 1 aromatic heterocycles. The Morgan fingerprint density at radius 2 is 2.41 bits per heavy atom. The monoisotopic (exact) mass is 362 g/mol. The van der Waals surface area contributed by atoms with Crippen LogP contribution in [0.25, 0.3) is 0 Å². The van der Waals surface area contributed by atoms with E-state index in [-0.39, 0.29) is 5.91 Å². The van der Waals surface area contributed by atoms with Gasteiger partial charge in [0.2, 0.25) is 0 Å². The largest absolute Gasteiger partial charge is 0.335 e. The molecule has 17 heavy (non-hydrogen) atoms. The number of thiophene rings is 1. The molecule has 0 spiro atoms. The highest BCUT2D eigenvalue weighted by molar-refractivity contribution is 14.1. The third-order valence-electron chi connectivity index (χ3n) is 4.01. The molecule has 3 nitrogen and oxygen atoms in total. The minimum absolute atomic E-state index is 0.214. The average molecular weight is 362 g/mol. The lowest BCUT2D eigenvalue weighted by molar-refractivity contribution is 0.0729. The first kappa shape index (κ1) is 11.9. The summed E-state index contributed by atoms with van der Waals surface area (Å²) in [6, 6.07) is 2.37. The van der Waals surface area contributed by atoms with Gasteiger partial charge in [-0.2, -0.15) is 0 Å². The predicted octanol–water partition coefficient (Wildman–Crippen LogP) is 2.03. The highest BCUT2D eigenvalue weighted by Crippen LogP contribution is 2.33. The molecule has 3 atom stereocenters. The van der Waals surface area contributed by atoms with Gasteiger partial charge in [-0.15, -0.1) is 11.3 Å². The van der Waals surface area contributed by atoms with Crippen LogP contribution in [0.3, 0.4) is 0 Å². The van der Waals surface area contributed by atoms with E-state index >= 15 is 0 Å². The van der Waals surface area contributed by atoms with Gasteiger partial charge in [-0.1, -0.05) is 0 Å². The molecule has 3 rings (SSSR count). The number of fused-ring (bicyclic) bond motifs is 1. The number of likely N-dealkylation sites (tertiary alicyclic amines) is 1. The van der Waals surface area contributed by atoms with Crippen molar-refractivity contribution in [3.05, 3.63) is 19.9 Å². The topological polar surface area (TPSA) is 32.3 Å². The Hall–Kier alpha value is -0.140. The fourth-order valence-corrected chi connectivity index (χ4v) is 4.34. The zero-order chi connectivity index (χ0) is 12.0. The van der Waals surface area contributed by atoms with Gasteiger partial charge < -0.3 is 10.2 Å². The van der Waals surface area contributed by atoms with Gasteiger partial charge in [0, 0.05) is 31.1 Å². The zero-order valence-electron chi connectivity index (χ0n) is 9.65. The molecule has 2 fully saturated rings. The number of hydrogen-bond acceptors (Lipinski definition) is 3. The van der Waals surface area contributed by atoms with E-state index in [9.17, 15) is 4.79 Å². The summed E-state index contributed by atoms with van der Waals surface area (Å²) in [4.78, 5) is 14.5. The molecule has 2 aliphatic heterocycles. The van der Waals surface area contributed by atoms with Crippen LogP contribution in [0.4, 0.5) is 0 Å². The van der Waals surface area contributed by atoms with E-state index in [4.69, 9.17) is 0 Å². The van der Waals surface area contributed by atoms with Crippen molar-refractivity contribution in [2.24, 2.45) is 11.8 Å². The van der Waals surface area contributed by atoms with Crippen molar-refractivity contribution in [1.29, 1.82) is 0 Å². The Bertz CT molecular complexity index is 447. The second-order valence-electron chi connectivity index (χ2n) is 4.92. The Labute approximate surface area is 119 Å². The van der Waals surface area contributed by atoms with Crippen LogP contribution in [-0.4, -0.2) is 36.5 Å². The van der Waals surface area contributed by atoms with Gasteiger partial charge in [0.15, 0.2) is 0 Å². The lowest BCUT2D eigenvalue weighted by atomic mass is 9.95. The summed E-state index contributed by atoms with van der Waals surface area (Å²) in [6.07, 6.45) is 0. The van der Waals surface area contributed by atoms with Crippen molar-refractivity contribution in [3.63, 3.8) is 0 Å². The van der Waals surface area contributed by atoms with Crippen LogP contribution in [0.5, 0.6) is 0 Å². The molecule has 0 bridgehead atoms. The lowest BCUT2D eigenvalue weighted by Gasteiger charge is -2.24. The fraction of sp³-hybridized carbons (Fsp3) is 0.583. The number of amides is 1. The van der Waals surface area contributed by atoms with Crippen molar-refractivity contribution in [2.45, 2.75) is 13.0 Å². The number of nitrogens with zero attached hydrogens (tertiary/aromatic N) is 1. The molecule has 0 radical (unpaired) electrons. The second-order valence-corrected chi connectivity index (χ2v) is 7.73. The minimum atomic E-state index is 0.214. The van der Waals surface area contributed by atoms with E-state index in [1.807, 2.05) is 11.4 Å². The highest BCUT2D eigenvalue weighted by atomic mass is 127. The van der Waals surface area contributed by atoms with Crippen molar-refractivity contribution < 1.29 is 4.79 Å². The summed E-state index contributed by atoms with van der Waals surface area (Å²) in [5.74, 6) is 1.52. The summed E-state index contributed by atoms with van der Waals surface area (Å²) < 4.78 is 1.18. The van der Waals surface area contributed by atoms with Crippen molar-refractivity contribution in [1.82, 2.24) is 10.2 Å². The highest BCUT2D eigenvalue weighted by Gasteiger charge is 2.43. The first-order valence-corrected chi connectivity index (χ1v) is 7.88. The summed E-state index contributed by atoms with van der Waals surface area (Å²) in [5, 5.41) is 5.40. The molecular formula is C12H15IN2OS. The maximum absolute atomic E-state index is 12.4. The van der Waals surface area contributed by atoms with Crippen LogP contribution in [0.15, 0.2) is 11.4 Å². The minimum Gasteiger partial charge on any atom is -0.335 e. The quantitative estimate of drug-likeness (QED) is 0.776. The number of carbonyl (C=O) groups is 1. The molecule has 5 heteroatoms. The van der Waals surface area contributed by atoms with Gasteiger partial charge in [0.25, 0.3) is 5.91 Å². The average Bonchev–Trinajstić information content (AvgIpc) is 2.96. The fourth-order valence-electron chi connectivity index (χ4n) is 3.02. The Morgan fingerprint density at radius 3 is 3.06 bits per heavy atom. The standard InChI is InChI=1S/C12H15IN2OS/c1-7-10-4-14-3-9(10)5-15(7)12(16)8-2-11(13)17-6-8/h2,6-7,9-10,14H,3-5H2,1H3. The molecule has 0 aromatic carbocycles. The molecule has 1 N–H and O–H groups in total. The molecule has 2 aliphatic rings. The van der Waals surface area contributed by atoms with E-state index in [1.54, 1.807) is 11.3 Å². The van der Waals surface area contributed by atoms with Gasteiger partial charge in [0.1, 0.15) is 0 Å². The van der Waals surface area contributed by atoms with Gasteiger partial charge in [0.05, 0.1) is 8.45 Å². The van der Waals surface area contributed by atoms with Gasteiger partial charge in [-0.05, 0) is 47.4 Å². The number of nitrogens with one attached hydrogen (secondary N) is 1. The third-order valence-corrected chi connectivity index (χ3v) is 5.80. The van der Waals surface area contributed by atoms with Gasteiger partial charge in [-0.25, -0.2) is 0 Å². The molecule has 3 unspecified atom stereocenters. The number of carbonyl (C=O) groups excluding carboxylic acids is 1. The first-order valence-electron chi connectivity index (χ1n) is 5.92. The first-order chi connectivity index (χ1) is 8.16. The molecular weight excluding hydrogens is 347 g/mol. The van der Waals surface area contributed by atoms with E-state index in [0.29, 0.717) is 17.9 Å². The van der Waals surface area contributed by atoms with Crippen LogP contribution < -0.4 is 5.32 Å². The van der Waals surface area contributed by atoms with Crippen LogP contribution in [0.1, 0.15) is 17.3 Å². The maximum atomic E-state index is 12.4. The van der Waals surface area contributed by atoms with Crippen LogP contribution in [0.2, 0.25) is 0 Å². The molecule has 0 aliphatic carbocycles. The van der Waals surface area contributed by atoms with Crippen molar-refractivity contribution >= 4 is 39.8 Å². The van der Waals surface area contributed by atoms with E-state index < -0.39 is 0 Å².